The van der Waals surface area contributed by atoms with Crippen molar-refractivity contribution in [3.63, 3.8) is 0 Å². The third-order valence-corrected chi connectivity index (χ3v) is 2.05. The van der Waals surface area contributed by atoms with Crippen LogP contribution in [0.15, 0.2) is 24.3 Å². The number of hydrogen-bond acceptors (Lipinski definition) is 5. The average molecular weight is 187 g/mol. The van der Waals surface area contributed by atoms with E-state index < -0.39 is 0 Å². The van der Waals surface area contributed by atoms with Gasteiger partial charge < -0.3 is 5.11 Å². The minimum atomic E-state index is -0.0691. The van der Waals surface area contributed by atoms with Gasteiger partial charge in [-0.2, -0.15) is 0 Å². The average Bonchev–Trinajstić information content (AvgIpc) is 2.66. The van der Waals surface area contributed by atoms with Crippen LogP contribution in [-0.2, 0) is 0 Å². The summed E-state index contributed by atoms with van der Waals surface area (Å²) < 4.78 is 1.21. The van der Waals surface area contributed by atoms with Gasteiger partial charge in [0, 0.05) is 10.8 Å². The summed E-state index contributed by atoms with van der Waals surface area (Å²) in [5.41, 5.74) is 0.540. The molecule has 0 amide bonds. The highest BCUT2D eigenvalue weighted by molar-refractivity contribution is 5.95. The lowest BCUT2D eigenvalue weighted by molar-refractivity contribution is 0.444. The highest BCUT2D eigenvalue weighted by Crippen LogP contribution is 2.23. The van der Waals surface area contributed by atoms with Crippen molar-refractivity contribution in [2.75, 3.05) is 0 Å². The van der Waals surface area contributed by atoms with Crippen molar-refractivity contribution < 1.29 is 5.11 Å². The van der Waals surface area contributed by atoms with Crippen molar-refractivity contribution in [2.45, 2.75) is 0 Å². The Hall–Kier alpha value is -2.24. The zero-order valence-electron chi connectivity index (χ0n) is 6.99. The molecular formula is C8H5N5O. The molecule has 3 aromatic rings. The lowest BCUT2D eigenvalue weighted by Crippen LogP contribution is -1.94. The Balaban J connectivity index is 2.67. The minimum absolute atomic E-state index is 0.0691. The van der Waals surface area contributed by atoms with Gasteiger partial charge >= 0.3 is 0 Å². The summed E-state index contributed by atoms with van der Waals surface area (Å²) in [5.74, 6) is -0.0691. The van der Waals surface area contributed by atoms with Crippen LogP contribution >= 0.6 is 0 Å². The zero-order valence-corrected chi connectivity index (χ0v) is 6.99. The van der Waals surface area contributed by atoms with Gasteiger partial charge in [0.25, 0.3) is 0 Å². The molecule has 0 spiro atoms. The van der Waals surface area contributed by atoms with Gasteiger partial charge in [0.1, 0.15) is 0 Å². The Morgan fingerprint density at radius 1 is 1.14 bits per heavy atom. The van der Waals surface area contributed by atoms with Crippen molar-refractivity contribution in [3.8, 4) is 5.88 Å². The molecular weight excluding hydrogens is 182 g/mol. The number of tetrazole rings is 1. The van der Waals surface area contributed by atoms with Crippen LogP contribution < -0.4 is 0 Å². The van der Waals surface area contributed by atoms with Gasteiger partial charge in [-0.05, 0) is 16.5 Å². The molecule has 6 nitrogen and oxygen atoms in total. The molecule has 0 saturated carbocycles. The fourth-order valence-electron chi connectivity index (χ4n) is 1.43. The standard InChI is InChI=1S/C8H5N5O/c14-8-6-4-2-1-3-5(6)7-9-11-12-13(7)10-8/h1-4H,(H,10,14). The Labute approximate surface area is 77.8 Å². The van der Waals surface area contributed by atoms with Gasteiger partial charge in [-0.3, -0.25) is 0 Å². The topological polar surface area (TPSA) is 76.2 Å². The number of aromatic nitrogens is 5. The number of hydrogen-bond donors (Lipinski definition) is 1. The van der Waals surface area contributed by atoms with Crippen molar-refractivity contribution >= 4 is 16.4 Å². The molecule has 3 rings (SSSR count). The van der Waals surface area contributed by atoms with Gasteiger partial charge in [-0.15, -0.1) is 14.8 Å². The Morgan fingerprint density at radius 2 is 1.93 bits per heavy atom. The molecule has 0 fully saturated rings. The van der Waals surface area contributed by atoms with Crippen molar-refractivity contribution in [1.29, 1.82) is 0 Å². The first-order valence-corrected chi connectivity index (χ1v) is 4.02. The normalized spacial score (nSPS) is 11.1. The summed E-state index contributed by atoms with van der Waals surface area (Å²) >= 11 is 0. The molecule has 0 unspecified atom stereocenters. The number of fused-ring (bicyclic) bond motifs is 3. The largest absolute Gasteiger partial charge is 0.492 e. The smallest absolute Gasteiger partial charge is 0.239 e. The van der Waals surface area contributed by atoms with Crippen molar-refractivity contribution in [1.82, 2.24) is 25.3 Å². The second kappa shape index (κ2) is 2.38. The van der Waals surface area contributed by atoms with Gasteiger partial charge in [0.05, 0.1) is 0 Å². The van der Waals surface area contributed by atoms with Crippen LogP contribution in [0, 0.1) is 0 Å². The molecule has 0 atom stereocenters. The SMILES string of the molecule is Oc1nn2nnnc2c2ccccc12. The lowest BCUT2D eigenvalue weighted by Gasteiger charge is -1.98. The van der Waals surface area contributed by atoms with Crippen LogP contribution in [0.5, 0.6) is 5.88 Å². The highest BCUT2D eigenvalue weighted by Gasteiger charge is 2.08. The molecule has 1 N–H and O–H groups in total. The summed E-state index contributed by atoms with van der Waals surface area (Å²) in [6.07, 6.45) is 0. The van der Waals surface area contributed by atoms with Crippen LogP contribution in [-0.4, -0.2) is 30.4 Å². The summed E-state index contributed by atoms with van der Waals surface area (Å²) in [4.78, 5) is 0. The van der Waals surface area contributed by atoms with Crippen LogP contribution in [0.2, 0.25) is 0 Å². The summed E-state index contributed by atoms with van der Waals surface area (Å²) in [7, 11) is 0. The number of rotatable bonds is 0. The molecule has 2 aromatic heterocycles. The minimum Gasteiger partial charge on any atom is -0.492 e. The molecule has 6 heteroatoms. The monoisotopic (exact) mass is 187 g/mol. The lowest BCUT2D eigenvalue weighted by atomic mass is 10.2. The van der Waals surface area contributed by atoms with Crippen LogP contribution in [0.4, 0.5) is 0 Å². The van der Waals surface area contributed by atoms with E-state index in [0.29, 0.717) is 11.0 Å². The fourth-order valence-corrected chi connectivity index (χ4v) is 1.43. The summed E-state index contributed by atoms with van der Waals surface area (Å²) in [5, 5.41) is 25.7. The maximum absolute atomic E-state index is 9.56. The van der Waals surface area contributed by atoms with E-state index in [1.807, 2.05) is 18.2 Å². The van der Waals surface area contributed by atoms with E-state index in [-0.39, 0.29) is 5.88 Å². The van der Waals surface area contributed by atoms with E-state index in [0.717, 1.165) is 5.39 Å². The van der Waals surface area contributed by atoms with Gasteiger partial charge in [-0.1, -0.05) is 18.2 Å². The Kier molecular flexibility index (Phi) is 1.22. The maximum atomic E-state index is 9.56. The number of benzene rings is 1. The molecule has 0 bridgehead atoms. The van der Waals surface area contributed by atoms with Crippen LogP contribution in [0.3, 0.4) is 0 Å². The fraction of sp³-hybridized carbons (Fsp3) is 0. The second-order valence-corrected chi connectivity index (χ2v) is 2.86. The van der Waals surface area contributed by atoms with E-state index in [1.54, 1.807) is 6.07 Å². The van der Waals surface area contributed by atoms with Crippen molar-refractivity contribution in [2.24, 2.45) is 0 Å². The first-order chi connectivity index (χ1) is 6.86. The molecule has 14 heavy (non-hydrogen) atoms. The van der Waals surface area contributed by atoms with Crippen LogP contribution in [0.25, 0.3) is 16.4 Å². The molecule has 0 aliphatic rings. The third-order valence-electron chi connectivity index (χ3n) is 2.05. The van der Waals surface area contributed by atoms with E-state index in [2.05, 4.69) is 20.6 Å². The van der Waals surface area contributed by atoms with E-state index >= 15 is 0 Å². The van der Waals surface area contributed by atoms with E-state index in [4.69, 9.17) is 0 Å². The molecule has 1 aromatic carbocycles. The van der Waals surface area contributed by atoms with E-state index in [9.17, 15) is 5.11 Å². The van der Waals surface area contributed by atoms with E-state index in [1.165, 1.54) is 4.63 Å². The van der Waals surface area contributed by atoms with Crippen LogP contribution in [0.1, 0.15) is 0 Å². The Bertz CT molecular complexity index is 617. The first-order valence-electron chi connectivity index (χ1n) is 4.02. The molecule has 68 valence electrons. The summed E-state index contributed by atoms with van der Waals surface area (Å²) in [6.45, 7) is 0. The first kappa shape index (κ1) is 7.19. The molecule has 0 radical (unpaired) electrons. The number of aromatic hydroxyl groups is 1. The second-order valence-electron chi connectivity index (χ2n) is 2.86. The molecule has 0 saturated heterocycles. The van der Waals surface area contributed by atoms with Crippen molar-refractivity contribution in [3.05, 3.63) is 24.3 Å². The predicted octanol–water partition coefficient (Wildman–Crippen LogP) is 0.378. The zero-order chi connectivity index (χ0) is 9.54. The number of nitrogens with zero attached hydrogens (tertiary/aromatic N) is 5. The molecule has 2 heterocycles. The summed E-state index contributed by atoms with van der Waals surface area (Å²) in [6, 6.07) is 7.29. The quantitative estimate of drug-likeness (QED) is 0.550. The maximum Gasteiger partial charge on any atom is 0.239 e. The molecule has 0 aliphatic heterocycles. The Morgan fingerprint density at radius 3 is 2.79 bits per heavy atom. The van der Waals surface area contributed by atoms with Gasteiger partial charge in [-0.25, -0.2) is 0 Å². The van der Waals surface area contributed by atoms with Gasteiger partial charge in [0.15, 0.2) is 0 Å². The third kappa shape index (κ3) is 0.792. The highest BCUT2D eigenvalue weighted by atomic mass is 16.3. The predicted molar refractivity (Wildman–Crippen MR) is 47.7 cm³/mol. The molecule has 0 aliphatic carbocycles. The van der Waals surface area contributed by atoms with Gasteiger partial charge in [0.2, 0.25) is 11.5 Å².